The molecule has 6 nitrogen and oxygen atoms in total. The van der Waals surface area contributed by atoms with Crippen molar-refractivity contribution >= 4 is 15.9 Å². The number of hydrogen-bond donors (Lipinski definition) is 2. The molecule has 2 N–H and O–H groups in total. The lowest BCUT2D eigenvalue weighted by Gasteiger charge is -2.26. The molecule has 0 saturated carbocycles. The summed E-state index contributed by atoms with van der Waals surface area (Å²) in [6, 6.07) is -0.940. The Morgan fingerprint density at radius 2 is 2.22 bits per heavy atom. The monoisotopic (exact) mass is 278 g/mol. The van der Waals surface area contributed by atoms with Gasteiger partial charge >= 0.3 is 0 Å². The Kier molecular flexibility index (Phi) is 5.55. The predicted molar refractivity (Wildman–Crippen MR) is 68.5 cm³/mol. The second-order valence-electron chi connectivity index (χ2n) is 4.67. The van der Waals surface area contributed by atoms with E-state index in [0.717, 1.165) is 12.8 Å². The van der Waals surface area contributed by atoms with E-state index in [2.05, 4.69) is 4.72 Å². The van der Waals surface area contributed by atoms with Crippen LogP contribution in [0.5, 0.6) is 0 Å². The van der Waals surface area contributed by atoms with E-state index in [1.807, 2.05) is 0 Å². The average molecular weight is 278 g/mol. The summed E-state index contributed by atoms with van der Waals surface area (Å²) >= 11 is 0. The number of nitrogens with one attached hydrogen (secondary N) is 1. The Bertz CT molecular complexity index is 383. The highest BCUT2D eigenvalue weighted by Crippen LogP contribution is 2.17. The molecule has 0 spiro atoms. The van der Waals surface area contributed by atoms with Gasteiger partial charge in [-0.3, -0.25) is 4.79 Å². The van der Waals surface area contributed by atoms with Crippen molar-refractivity contribution < 1.29 is 18.3 Å². The summed E-state index contributed by atoms with van der Waals surface area (Å²) in [5.41, 5.74) is 0. The quantitative estimate of drug-likeness (QED) is 0.697. The van der Waals surface area contributed by atoms with Crippen LogP contribution in [0, 0.1) is 0 Å². The number of carbonyl (C=O) groups excluding carboxylic acids is 1. The Labute approximate surface area is 108 Å². The van der Waals surface area contributed by atoms with Gasteiger partial charge in [0.05, 0.1) is 24.4 Å². The molecule has 1 aliphatic heterocycles. The lowest BCUT2D eigenvalue weighted by molar-refractivity contribution is -0.134. The summed E-state index contributed by atoms with van der Waals surface area (Å²) in [7, 11) is -3.39. The Balaban J connectivity index is 2.61. The summed E-state index contributed by atoms with van der Waals surface area (Å²) < 4.78 is 25.5. The lowest BCUT2D eigenvalue weighted by atomic mass is 10.2. The van der Waals surface area contributed by atoms with Crippen molar-refractivity contribution in [3.05, 3.63) is 0 Å². The third-order valence-electron chi connectivity index (χ3n) is 3.07. The highest BCUT2D eigenvalue weighted by Gasteiger charge is 2.32. The number of nitrogens with zero attached hydrogens (tertiary/aromatic N) is 1. The van der Waals surface area contributed by atoms with Gasteiger partial charge in [-0.15, -0.1) is 0 Å². The zero-order chi connectivity index (χ0) is 13.8. The maximum absolute atomic E-state index is 12.1. The van der Waals surface area contributed by atoms with Gasteiger partial charge in [0.15, 0.2) is 0 Å². The van der Waals surface area contributed by atoms with E-state index >= 15 is 0 Å². The van der Waals surface area contributed by atoms with Gasteiger partial charge in [-0.25, -0.2) is 13.1 Å². The molecule has 0 radical (unpaired) electrons. The van der Waals surface area contributed by atoms with Gasteiger partial charge in [-0.05, 0) is 26.2 Å². The topological polar surface area (TPSA) is 86.7 Å². The number of rotatable bonds is 6. The molecule has 1 amide bonds. The maximum atomic E-state index is 12.1. The molecular formula is C11H22N2O4S. The molecule has 1 heterocycles. The molecule has 2 unspecified atom stereocenters. The third kappa shape index (κ3) is 3.93. The molecule has 0 aromatic heterocycles. The second-order valence-corrected chi connectivity index (χ2v) is 6.54. The van der Waals surface area contributed by atoms with Crippen molar-refractivity contribution in [3.63, 3.8) is 0 Å². The van der Waals surface area contributed by atoms with Crippen LogP contribution < -0.4 is 4.72 Å². The molecule has 0 aliphatic carbocycles. The van der Waals surface area contributed by atoms with Crippen molar-refractivity contribution in [3.8, 4) is 0 Å². The van der Waals surface area contributed by atoms with E-state index in [1.165, 1.54) is 0 Å². The van der Waals surface area contributed by atoms with Crippen LogP contribution in [0.1, 0.15) is 33.1 Å². The van der Waals surface area contributed by atoms with Crippen LogP contribution >= 0.6 is 0 Å². The van der Waals surface area contributed by atoms with Gasteiger partial charge in [0, 0.05) is 6.54 Å². The van der Waals surface area contributed by atoms with Crippen LogP contribution in [0.4, 0.5) is 0 Å². The van der Waals surface area contributed by atoms with E-state index in [4.69, 9.17) is 5.11 Å². The standard InChI is InChI=1S/C11H22N2O4S/c1-3-7-18(16,17)12-9(2)11(15)13-6-4-5-10(13)8-14/h9-10,12,14H,3-8H2,1-2H3. The normalized spacial score (nSPS) is 22.2. The van der Waals surface area contributed by atoms with Crippen molar-refractivity contribution in [1.29, 1.82) is 0 Å². The minimum absolute atomic E-state index is 0.0219. The van der Waals surface area contributed by atoms with Crippen LogP contribution in [0.3, 0.4) is 0 Å². The predicted octanol–water partition coefficient (Wildman–Crippen LogP) is -0.312. The number of aliphatic hydroxyl groups excluding tert-OH is 1. The fraction of sp³-hybridized carbons (Fsp3) is 0.909. The van der Waals surface area contributed by atoms with Crippen LogP contribution in [0.2, 0.25) is 0 Å². The molecule has 106 valence electrons. The number of sulfonamides is 1. The molecule has 0 aromatic rings. The lowest BCUT2D eigenvalue weighted by Crippen LogP contribution is -2.49. The average Bonchev–Trinajstić information content (AvgIpc) is 2.74. The first-order valence-electron chi connectivity index (χ1n) is 6.32. The molecular weight excluding hydrogens is 256 g/mol. The second kappa shape index (κ2) is 6.49. The SMILES string of the molecule is CCCS(=O)(=O)NC(C)C(=O)N1CCCC1CO. The van der Waals surface area contributed by atoms with Gasteiger partial charge in [0.1, 0.15) is 0 Å². The van der Waals surface area contributed by atoms with Crippen molar-refractivity contribution in [2.45, 2.75) is 45.2 Å². The Morgan fingerprint density at radius 3 is 2.78 bits per heavy atom. The first-order chi connectivity index (χ1) is 8.41. The van der Waals surface area contributed by atoms with E-state index in [1.54, 1.807) is 18.7 Å². The Morgan fingerprint density at radius 1 is 1.56 bits per heavy atom. The number of likely N-dealkylation sites (tertiary alicyclic amines) is 1. The minimum atomic E-state index is -3.39. The fourth-order valence-electron chi connectivity index (χ4n) is 2.21. The minimum Gasteiger partial charge on any atom is -0.394 e. The highest BCUT2D eigenvalue weighted by molar-refractivity contribution is 7.89. The van der Waals surface area contributed by atoms with Gasteiger partial charge < -0.3 is 10.0 Å². The number of hydrogen-bond acceptors (Lipinski definition) is 4. The molecule has 0 bridgehead atoms. The fourth-order valence-corrected chi connectivity index (χ4v) is 3.51. The molecule has 2 atom stereocenters. The van der Waals surface area contributed by atoms with Gasteiger partial charge in [-0.1, -0.05) is 6.92 Å². The van der Waals surface area contributed by atoms with Crippen LogP contribution in [0.25, 0.3) is 0 Å². The largest absolute Gasteiger partial charge is 0.394 e. The zero-order valence-electron chi connectivity index (χ0n) is 10.9. The summed E-state index contributed by atoms with van der Waals surface area (Å²) in [6.45, 7) is 3.83. The number of amides is 1. The van der Waals surface area contributed by atoms with E-state index in [0.29, 0.717) is 13.0 Å². The van der Waals surface area contributed by atoms with E-state index < -0.39 is 16.1 Å². The van der Waals surface area contributed by atoms with E-state index in [9.17, 15) is 13.2 Å². The first-order valence-corrected chi connectivity index (χ1v) is 7.98. The summed E-state index contributed by atoms with van der Waals surface area (Å²) in [5, 5.41) is 9.15. The molecule has 1 fully saturated rings. The molecule has 1 saturated heterocycles. The molecule has 18 heavy (non-hydrogen) atoms. The smallest absolute Gasteiger partial charge is 0.240 e. The van der Waals surface area contributed by atoms with Crippen molar-refractivity contribution in [2.75, 3.05) is 18.9 Å². The van der Waals surface area contributed by atoms with Gasteiger partial charge in [0.25, 0.3) is 0 Å². The summed E-state index contributed by atoms with van der Waals surface area (Å²) in [5.74, 6) is -0.236. The van der Waals surface area contributed by atoms with Gasteiger partial charge in [0.2, 0.25) is 15.9 Å². The van der Waals surface area contributed by atoms with Crippen molar-refractivity contribution in [1.82, 2.24) is 9.62 Å². The molecule has 7 heteroatoms. The zero-order valence-corrected chi connectivity index (χ0v) is 11.7. The molecule has 1 rings (SSSR count). The van der Waals surface area contributed by atoms with Crippen LogP contribution in [-0.4, -0.2) is 55.3 Å². The highest BCUT2D eigenvalue weighted by atomic mass is 32.2. The van der Waals surface area contributed by atoms with Crippen LogP contribution in [0.15, 0.2) is 0 Å². The van der Waals surface area contributed by atoms with Crippen molar-refractivity contribution in [2.24, 2.45) is 0 Å². The first kappa shape index (κ1) is 15.4. The maximum Gasteiger partial charge on any atom is 0.240 e. The van der Waals surface area contributed by atoms with E-state index in [-0.39, 0.29) is 24.3 Å². The van der Waals surface area contributed by atoms with Crippen LogP contribution in [-0.2, 0) is 14.8 Å². The summed E-state index contributed by atoms with van der Waals surface area (Å²) in [4.78, 5) is 13.7. The molecule has 1 aliphatic rings. The third-order valence-corrected chi connectivity index (χ3v) is 4.73. The molecule has 0 aromatic carbocycles. The van der Waals surface area contributed by atoms with Gasteiger partial charge in [-0.2, -0.15) is 0 Å². The Hall–Kier alpha value is -0.660. The number of aliphatic hydroxyl groups is 1. The summed E-state index contributed by atoms with van der Waals surface area (Å²) in [6.07, 6.45) is 2.14. The number of carbonyl (C=O) groups is 1.